The van der Waals surface area contributed by atoms with Crippen molar-refractivity contribution in [3.05, 3.63) is 35.6 Å². The third kappa shape index (κ3) is 5.47. The number of rotatable bonds is 7. The molecule has 0 bridgehead atoms. The van der Waals surface area contributed by atoms with Crippen molar-refractivity contribution in [2.75, 3.05) is 0 Å². The normalized spacial score (nSPS) is 11.7. The molecule has 0 aliphatic rings. The van der Waals surface area contributed by atoms with Crippen molar-refractivity contribution in [1.29, 1.82) is 0 Å². The van der Waals surface area contributed by atoms with Gasteiger partial charge < -0.3 is 16.2 Å². The number of nitrogens with one attached hydrogen (secondary N) is 1. The Bertz CT molecular complexity index is 502. The zero-order valence-corrected chi connectivity index (χ0v) is 10.6. The monoisotopic (exact) mass is 282 g/mol. The van der Waals surface area contributed by atoms with Crippen LogP contribution in [0.3, 0.4) is 0 Å². The molecular formula is C13H15FN2O4. The molecule has 6 nitrogen and oxygen atoms in total. The smallest absolute Gasteiger partial charge is 0.326 e. The predicted molar refractivity (Wildman–Crippen MR) is 68.1 cm³/mol. The second-order valence-corrected chi connectivity index (χ2v) is 4.27. The van der Waals surface area contributed by atoms with E-state index < -0.39 is 29.6 Å². The molecule has 0 aliphatic heterocycles. The maximum absolute atomic E-state index is 12.7. The van der Waals surface area contributed by atoms with E-state index in [1.54, 1.807) is 0 Å². The summed E-state index contributed by atoms with van der Waals surface area (Å²) >= 11 is 0. The number of halogens is 1. The van der Waals surface area contributed by atoms with Crippen molar-refractivity contribution in [2.45, 2.75) is 25.3 Å². The maximum Gasteiger partial charge on any atom is 0.326 e. The molecule has 1 atom stereocenters. The van der Waals surface area contributed by atoms with Gasteiger partial charge in [-0.25, -0.2) is 9.18 Å². The molecule has 2 amide bonds. The Hall–Kier alpha value is -2.44. The molecule has 20 heavy (non-hydrogen) atoms. The van der Waals surface area contributed by atoms with Gasteiger partial charge in [0.2, 0.25) is 11.8 Å². The number of carbonyl (C=O) groups is 3. The molecule has 108 valence electrons. The van der Waals surface area contributed by atoms with Crippen LogP contribution in [0.15, 0.2) is 24.3 Å². The summed E-state index contributed by atoms with van der Waals surface area (Å²) in [4.78, 5) is 33.2. The van der Waals surface area contributed by atoms with Crippen molar-refractivity contribution in [3.63, 3.8) is 0 Å². The van der Waals surface area contributed by atoms with E-state index in [4.69, 9.17) is 10.8 Å². The number of nitrogens with two attached hydrogens (primary N) is 1. The minimum atomic E-state index is -1.24. The Morgan fingerprint density at radius 2 is 1.85 bits per heavy atom. The van der Waals surface area contributed by atoms with Gasteiger partial charge in [0.25, 0.3) is 0 Å². The first kappa shape index (κ1) is 15.6. The van der Waals surface area contributed by atoms with E-state index in [2.05, 4.69) is 5.32 Å². The molecular weight excluding hydrogens is 267 g/mol. The van der Waals surface area contributed by atoms with E-state index in [0.29, 0.717) is 5.56 Å². The Morgan fingerprint density at radius 3 is 2.35 bits per heavy atom. The van der Waals surface area contributed by atoms with Crippen molar-refractivity contribution in [2.24, 2.45) is 5.73 Å². The van der Waals surface area contributed by atoms with Crippen molar-refractivity contribution >= 4 is 17.8 Å². The first-order valence-electron chi connectivity index (χ1n) is 5.93. The molecule has 0 unspecified atom stereocenters. The summed E-state index contributed by atoms with van der Waals surface area (Å²) < 4.78 is 12.7. The van der Waals surface area contributed by atoms with Gasteiger partial charge in [-0.2, -0.15) is 0 Å². The highest BCUT2D eigenvalue weighted by Gasteiger charge is 2.20. The van der Waals surface area contributed by atoms with Crippen LogP contribution in [-0.4, -0.2) is 28.9 Å². The van der Waals surface area contributed by atoms with Gasteiger partial charge in [-0.15, -0.1) is 0 Å². The van der Waals surface area contributed by atoms with Gasteiger partial charge in [0.05, 0.1) is 6.42 Å². The lowest BCUT2D eigenvalue weighted by atomic mass is 10.1. The lowest BCUT2D eigenvalue weighted by Crippen LogP contribution is -2.42. The third-order valence-electron chi connectivity index (χ3n) is 2.59. The standard InChI is InChI=1S/C13H15FN2O4/c14-9-3-1-8(2-4-9)7-12(18)16-10(13(19)20)5-6-11(15)17/h1-4,10H,5-7H2,(H2,15,17)(H,16,18)(H,19,20)/t10-/m1/s1. The highest BCUT2D eigenvalue weighted by molar-refractivity contribution is 5.85. The zero-order chi connectivity index (χ0) is 15.1. The molecule has 0 spiro atoms. The fourth-order valence-corrected chi connectivity index (χ4v) is 1.58. The molecule has 0 aliphatic carbocycles. The number of carboxylic acid groups (broad SMARTS) is 1. The number of hydrogen-bond acceptors (Lipinski definition) is 3. The summed E-state index contributed by atoms with van der Waals surface area (Å²) in [6, 6.07) is 4.13. The van der Waals surface area contributed by atoms with Crippen LogP contribution in [-0.2, 0) is 20.8 Å². The largest absolute Gasteiger partial charge is 0.480 e. The van der Waals surface area contributed by atoms with Crippen LogP contribution in [0.5, 0.6) is 0 Å². The molecule has 4 N–H and O–H groups in total. The second kappa shape index (κ2) is 7.22. The molecule has 0 fully saturated rings. The predicted octanol–water partition coefficient (Wildman–Crippen LogP) is 0.203. The Kier molecular flexibility index (Phi) is 5.64. The zero-order valence-electron chi connectivity index (χ0n) is 10.6. The van der Waals surface area contributed by atoms with Gasteiger partial charge >= 0.3 is 5.97 Å². The Labute approximate surface area is 114 Å². The van der Waals surface area contributed by atoms with E-state index in [0.717, 1.165) is 0 Å². The second-order valence-electron chi connectivity index (χ2n) is 4.27. The minimum Gasteiger partial charge on any atom is -0.480 e. The van der Waals surface area contributed by atoms with Crippen LogP contribution >= 0.6 is 0 Å². The molecule has 0 saturated carbocycles. The summed E-state index contributed by atoms with van der Waals surface area (Å²) in [6.45, 7) is 0. The number of carboxylic acids is 1. The average molecular weight is 282 g/mol. The molecule has 0 aromatic heterocycles. The van der Waals surface area contributed by atoms with Crippen molar-refractivity contribution < 1.29 is 23.9 Å². The lowest BCUT2D eigenvalue weighted by Gasteiger charge is -2.13. The van der Waals surface area contributed by atoms with Gasteiger partial charge in [-0.05, 0) is 24.1 Å². The fourth-order valence-electron chi connectivity index (χ4n) is 1.58. The van der Waals surface area contributed by atoms with Crippen molar-refractivity contribution in [3.8, 4) is 0 Å². The maximum atomic E-state index is 12.7. The summed E-state index contributed by atoms with van der Waals surface area (Å²) in [6.07, 6.45) is -0.270. The lowest BCUT2D eigenvalue weighted by molar-refractivity contribution is -0.142. The van der Waals surface area contributed by atoms with Crippen LogP contribution in [0, 0.1) is 5.82 Å². The molecule has 1 aromatic rings. The molecule has 0 radical (unpaired) electrons. The number of amides is 2. The molecule has 0 saturated heterocycles. The van der Waals surface area contributed by atoms with Gasteiger partial charge in [0, 0.05) is 6.42 Å². The number of benzene rings is 1. The summed E-state index contributed by atoms with van der Waals surface area (Å²) in [5, 5.41) is 11.2. The first-order chi connectivity index (χ1) is 9.38. The SMILES string of the molecule is NC(=O)CC[C@@H](NC(=O)Cc1ccc(F)cc1)C(=O)O. The summed E-state index contributed by atoms with van der Waals surface area (Å²) in [7, 11) is 0. The highest BCUT2D eigenvalue weighted by atomic mass is 19.1. The summed E-state index contributed by atoms with van der Waals surface area (Å²) in [5.74, 6) is -2.81. The molecule has 1 rings (SSSR count). The van der Waals surface area contributed by atoms with Crippen LogP contribution in [0.1, 0.15) is 18.4 Å². The van der Waals surface area contributed by atoms with E-state index in [9.17, 15) is 18.8 Å². The molecule has 7 heteroatoms. The quantitative estimate of drug-likeness (QED) is 0.663. The average Bonchev–Trinajstić information content (AvgIpc) is 2.36. The minimum absolute atomic E-state index is 0.0688. The van der Waals surface area contributed by atoms with E-state index in [1.807, 2.05) is 0 Å². The van der Waals surface area contributed by atoms with Crippen molar-refractivity contribution in [1.82, 2.24) is 5.32 Å². The Morgan fingerprint density at radius 1 is 1.25 bits per heavy atom. The van der Waals surface area contributed by atoms with Crippen LogP contribution < -0.4 is 11.1 Å². The van der Waals surface area contributed by atoms with E-state index >= 15 is 0 Å². The fraction of sp³-hybridized carbons (Fsp3) is 0.308. The Balaban J connectivity index is 2.55. The van der Waals surface area contributed by atoms with Crippen LogP contribution in [0.25, 0.3) is 0 Å². The van der Waals surface area contributed by atoms with Crippen LogP contribution in [0.4, 0.5) is 4.39 Å². The van der Waals surface area contributed by atoms with Gasteiger partial charge in [0.1, 0.15) is 11.9 Å². The molecule has 0 heterocycles. The number of primary amides is 1. The highest BCUT2D eigenvalue weighted by Crippen LogP contribution is 2.04. The molecule has 1 aromatic carbocycles. The number of carbonyl (C=O) groups excluding carboxylic acids is 2. The third-order valence-corrected chi connectivity index (χ3v) is 2.59. The number of hydrogen-bond donors (Lipinski definition) is 3. The van der Waals surface area contributed by atoms with Gasteiger partial charge in [-0.1, -0.05) is 12.1 Å². The van der Waals surface area contributed by atoms with E-state index in [1.165, 1.54) is 24.3 Å². The van der Waals surface area contributed by atoms with Crippen LogP contribution in [0.2, 0.25) is 0 Å². The van der Waals surface area contributed by atoms with Gasteiger partial charge in [0.15, 0.2) is 0 Å². The summed E-state index contributed by atoms with van der Waals surface area (Å²) in [5.41, 5.74) is 5.49. The van der Waals surface area contributed by atoms with Gasteiger partial charge in [-0.3, -0.25) is 9.59 Å². The van der Waals surface area contributed by atoms with E-state index in [-0.39, 0.29) is 19.3 Å². The first-order valence-corrected chi connectivity index (χ1v) is 5.93. The topological polar surface area (TPSA) is 109 Å². The number of aliphatic carboxylic acids is 1.